The van der Waals surface area contributed by atoms with Gasteiger partial charge in [-0.15, -0.1) is 0 Å². The van der Waals surface area contributed by atoms with Crippen molar-refractivity contribution < 1.29 is 4.79 Å². The fourth-order valence-corrected chi connectivity index (χ4v) is 2.20. The van der Waals surface area contributed by atoms with E-state index in [2.05, 4.69) is 39.6 Å². The second-order valence-electron chi connectivity index (χ2n) is 4.36. The number of hydrogen-bond donors (Lipinski definition) is 2. The highest BCUT2D eigenvalue weighted by Gasteiger charge is 2.11. The highest BCUT2D eigenvalue weighted by molar-refractivity contribution is 9.10. The van der Waals surface area contributed by atoms with Gasteiger partial charge < -0.3 is 15.5 Å². The van der Waals surface area contributed by atoms with Crippen LogP contribution in [-0.2, 0) is 11.3 Å². The molecule has 1 aromatic rings. The predicted molar refractivity (Wildman–Crippen MR) is 83.5 cm³/mol. The average Bonchev–Trinajstić information content (AvgIpc) is 2.37. The molecule has 0 aliphatic heterocycles. The number of halogens is 1. The Morgan fingerprint density at radius 1 is 1.32 bits per heavy atom. The normalized spacial score (nSPS) is 10.3. The quantitative estimate of drug-likeness (QED) is 0.806. The minimum absolute atomic E-state index is 0.0411. The highest BCUT2D eigenvalue weighted by Crippen LogP contribution is 2.24. The van der Waals surface area contributed by atoms with Crippen molar-refractivity contribution in [1.29, 1.82) is 0 Å². The highest BCUT2D eigenvalue weighted by atomic mass is 79.9. The molecule has 106 valence electrons. The molecule has 0 heterocycles. The minimum Gasteiger partial charge on any atom is -0.365 e. The van der Waals surface area contributed by atoms with Gasteiger partial charge in [0.2, 0.25) is 5.91 Å². The van der Waals surface area contributed by atoms with Gasteiger partial charge in [-0.05, 0) is 31.2 Å². The molecular formula is C14H22BrN3O. The van der Waals surface area contributed by atoms with E-state index in [0.717, 1.165) is 23.2 Å². The fourth-order valence-electron chi connectivity index (χ4n) is 1.86. The number of likely N-dealkylation sites (N-methyl/N-ethyl adjacent to an activating group) is 2. The Morgan fingerprint density at radius 2 is 2.05 bits per heavy atom. The standard InChI is InChI=1S/C14H22BrN3O/c1-4-16-9-11-6-7-12(15)8-13(11)18(3)10-14(19)17-5-2/h6-8,16H,4-5,9-10H2,1-3H3,(H,17,19). The molecule has 0 unspecified atom stereocenters. The van der Waals surface area contributed by atoms with Crippen molar-refractivity contribution in [1.82, 2.24) is 10.6 Å². The molecule has 4 nitrogen and oxygen atoms in total. The lowest BCUT2D eigenvalue weighted by atomic mass is 10.1. The molecule has 1 rings (SSSR count). The van der Waals surface area contributed by atoms with E-state index >= 15 is 0 Å². The monoisotopic (exact) mass is 327 g/mol. The Kier molecular flexibility index (Phi) is 6.87. The Labute approximate surface area is 123 Å². The number of nitrogens with zero attached hydrogens (tertiary/aromatic N) is 1. The minimum atomic E-state index is 0.0411. The van der Waals surface area contributed by atoms with Gasteiger partial charge in [0.1, 0.15) is 0 Å². The summed E-state index contributed by atoms with van der Waals surface area (Å²) in [6, 6.07) is 6.15. The summed E-state index contributed by atoms with van der Waals surface area (Å²) in [6.07, 6.45) is 0. The lowest BCUT2D eigenvalue weighted by Gasteiger charge is -2.22. The molecule has 0 spiro atoms. The number of hydrogen-bond acceptors (Lipinski definition) is 3. The Hall–Kier alpha value is -1.07. The molecule has 0 saturated heterocycles. The van der Waals surface area contributed by atoms with Gasteiger partial charge in [-0.3, -0.25) is 4.79 Å². The molecule has 0 saturated carbocycles. The molecule has 1 amide bonds. The van der Waals surface area contributed by atoms with E-state index in [1.54, 1.807) is 0 Å². The van der Waals surface area contributed by atoms with Crippen LogP contribution in [0.1, 0.15) is 19.4 Å². The van der Waals surface area contributed by atoms with E-state index in [-0.39, 0.29) is 5.91 Å². The summed E-state index contributed by atoms with van der Waals surface area (Å²) in [5.41, 5.74) is 2.26. The number of carbonyl (C=O) groups is 1. The summed E-state index contributed by atoms with van der Waals surface area (Å²) in [4.78, 5) is 13.6. The van der Waals surface area contributed by atoms with Crippen molar-refractivity contribution in [2.75, 3.05) is 31.6 Å². The lowest BCUT2D eigenvalue weighted by molar-refractivity contribution is -0.119. The van der Waals surface area contributed by atoms with Crippen molar-refractivity contribution in [3.8, 4) is 0 Å². The van der Waals surface area contributed by atoms with E-state index in [0.29, 0.717) is 13.1 Å². The van der Waals surface area contributed by atoms with Crippen LogP contribution in [-0.4, -0.2) is 32.6 Å². The van der Waals surface area contributed by atoms with Crippen LogP contribution in [0.3, 0.4) is 0 Å². The first-order valence-electron chi connectivity index (χ1n) is 6.55. The molecule has 2 N–H and O–H groups in total. The van der Waals surface area contributed by atoms with Crippen LogP contribution in [0.4, 0.5) is 5.69 Å². The van der Waals surface area contributed by atoms with Crippen LogP contribution < -0.4 is 15.5 Å². The van der Waals surface area contributed by atoms with Gasteiger partial charge in [0.05, 0.1) is 6.54 Å². The Bertz CT molecular complexity index is 423. The topological polar surface area (TPSA) is 44.4 Å². The van der Waals surface area contributed by atoms with E-state index in [4.69, 9.17) is 0 Å². The lowest BCUT2D eigenvalue weighted by Crippen LogP contribution is -2.35. The summed E-state index contributed by atoms with van der Waals surface area (Å²) >= 11 is 3.48. The molecule has 1 aromatic carbocycles. The van der Waals surface area contributed by atoms with Gasteiger partial charge in [0.15, 0.2) is 0 Å². The van der Waals surface area contributed by atoms with Gasteiger partial charge >= 0.3 is 0 Å². The van der Waals surface area contributed by atoms with E-state index in [1.807, 2.05) is 31.0 Å². The zero-order chi connectivity index (χ0) is 14.3. The van der Waals surface area contributed by atoms with Crippen LogP contribution in [0.25, 0.3) is 0 Å². The second-order valence-corrected chi connectivity index (χ2v) is 5.28. The molecular weight excluding hydrogens is 306 g/mol. The van der Waals surface area contributed by atoms with Crippen molar-refractivity contribution in [2.45, 2.75) is 20.4 Å². The zero-order valence-electron chi connectivity index (χ0n) is 11.8. The van der Waals surface area contributed by atoms with Crippen LogP contribution in [0, 0.1) is 0 Å². The summed E-state index contributed by atoms with van der Waals surface area (Å²) in [6.45, 7) is 6.76. The fraction of sp³-hybridized carbons (Fsp3) is 0.500. The summed E-state index contributed by atoms with van der Waals surface area (Å²) < 4.78 is 1.02. The van der Waals surface area contributed by atoms with Crippen molar-refractivity contribution in [2.24, 2.45) is 0 Å². The van der Waals surface area contributed by atoms with Crippen LogP contribution in [0.15, 0.2) is 22.7 Å². The van der Waals surface area contributed by atoms with Crippen LogP contribution in [0.5, 0.6) is 0 Å². The molecule has 0 aliphatic carbocycles. The van der Waals surface area contributed by atoms with Gasteiger partial charge in [-0.1, -0.05) is 28.9 Å². The predicted octanol–water partition coefficient (Wildman–Crippen LogP) is 2.13. The number of amides is 1. The maximum Gasteiger partial charge on any atom is 0.239 e. The molecule has 0 aliphatic rings. The number of benzene rings is 1. The first-order chi connectivity index (χ1) is 9.08. The van der Waals surface area contributed by atoms with Crippen molar-refractivity contribution in [3.05, 3.63) is 28.2 Å². The van der Waals surface area contributed by atoms with Gasteiger partial charge in [-0.2, -0.15) is 0 Å². The molecule has 0 fully saturated rings. The van der Waals surface area contributed by atoms with Gasteiger partial charge in [-0.25, -0.2) is 0 Å². The number of carbonyl (C=O) groups excluding carboxylic acids is 1. The number of rotatable bonds is 7. The van der Waals surface area contributed by atoms with E-state index in [9.17, 15) is 4.79 Å². The number of anilines is 1. The van der Waals surface area contributed by atoms with Crippen molar-refractivity contribution >= 4 is 27.5 Å². The molecule has 0 atom stereocenters. The van der Waals surface area contributed by atoms with Crippen LogP contribution >= 0.6 is 15.9 Å². The third kappa shape index (κ3) is 5.20. The zero-order valence-corrected chi connectivity index (χ0v) is 13.4. The second kappa shape index (κ2) is 8.17. The maximum absolute atomic E-state index is 11.7. The third-order valence-corrected chi connectivity index (χ3v) is 3.27. The summed E-state index contributed by atoms with van der Waals surface area (Å²) in [5, 5.41) is 6.13. The Balaban J connectivity index is 2.83. The first kappa shape index (κ1) is 16.0. The summed E-state index contributed by atoms with van der Waals surface area (Å²) in [5.74, 6) is 0.0411. The molecule has 19 heavy (non-hydrogen) atoms. The largest absolute Gasteiger partial charge is 0.365 e. The number of nitrogens with one attached hydrogen (secondary N) is 2. The smallest absolute Gasteiger partial charge is 0.239 e. The SMILES string of the molecule is CCNCc1ccc(Br)cc1N(C)CC(=O)NCC. The van der Waals surface area contributed by atoms with E-state index in [1.165, 1.54) is 5.56 Å². The van der Waals surface area contributed by atoms with Gasteiger partial charge in [0.25, 0.3) is 0 Å². The molecule has 0 bridgehead atoms. The van der Waals surface area contributed by atoms with Crippen molar-refractivity contribution in [3.63, 3.8) is 0 Å². The average molecular weight is 328 g/mol. The third-order valence-electron chi connectivity index (χ3n) is 2.78. The Morgan fingerprint density at radius 3 is 2.68 bits per heavy atom. The van der Waals surface area contributed by atoms with Gasteiger partial charge in [0, 0.05) is 30.3 Å². The van der Waals surface area contributed by atoms with E-state index < -0.39 is 0 Å². The van der Waals surface area contributed by atoms with Crippen LogP contribution in [0.2, 0.25) is 0 Å². The summed E-state index contributed by atoms with van der Waals surface area (Å²) in [7, 11) is 1.94. The molecule has 0 aromatic heterocycles. The molecule has 5 heteroatoms. The molecule has 0 radical (unpaired) electrons. The first-order valence-corrected chi connectivity index (χ1v) is 7.34. The maximum atomic E-state index is 11.7.